The summed E-state index contributed by atoms with van der Waals surface area (Å²) in [6, 6.07) is 13.7. The first-order valence-electron chi connectivity index (χ1n) is 9.75. The van der Waals surface area contributed by atoms with E-state index in [0.717, 1.165) is 12.0 Å². The number of hydrogen-bond donors (Lipinski definition) is 2. The van der Waals surface area contributed by atoms with Gasteiger partial charge in [0.15, 0.2) is 5.76 Å². The van der Waals surface area contributed by atoms with Crippen molar-refractivity contribution in [1.29, 1.82) is 0 Å². The van der Waals surface area contributed by atoms with Gasteiger partial charge in [0.1, 0.15) is 5.76 Å². The van der Waals surface area contributed by atoms with Gasteiger partial charge in [-0.05, 0) is 44.0 Å². The van der Waals surface area contributed by atoms with Gasteiger partial charge in [0.05, 0.1) is 27.0 Å². The second-order valence-corrected chi connectivity index (χ2v) is 7.94. The van der Waals surface area contributed by atoms with Crippen molar-refractivity contribution in [1.82, 2.24) is 5.43 Å². The molecule has 2 aromatic carbocycles. The van der Waals surface area contributed by atoms with Crippen LogP contribution in [-0.4, -0.2) is 17.5 Å². The fourth-order valence-electron chi connectivity index (χ4n) is 3.56. The van der Waals surface area contributed by atoms with Crippen molar-refractivity contribution >= 4 is 46.4 Å². The number of aryl methyl sites for hydroxylation is 1. The van der Waals surface area contributed by atoms with Crippen LogP contribution in [-0.2, 0) is 6.42 Å². The lowest BCUT2D eigenvalue weighted by Crippen LogP contribution is -2.22. The average Bonchev–Trinajstić information content (AvgIpc) is 3.11. The second-order valence-electron chi connectivity index (χ2n) is 7.12. The number of hydrogen-bond acceptors (Lipinski definition) is 4. The zero-order valence-corrected chi connectivity index (χ0v) is 18.2. The first-order chi connectivity index (χ1) is 15.0. The van der Waals surface area contributed by atoms with Crippen LogP contribution < -0.4 is 10.7 Å². The summed E-state index contributed by atoms with van der Waals surface area (Å²) < 4.78 is 5.88. The topological polar surface area (TPSA) is 83.7 Å². The van der Waals surface area contributed by atoms with Crippen molar-refractivity contribution < 1.29 is 14.0 Å². The van der Waals surface area contributed by atoms with Crippen molar-refractivity contribution in [2.45, 2.75) is 26.2 Å². The number of nitrogens with one attached hydrogen (secondary N) is 2. The summed E-state index contributed by atoms with van der Waals surface area (Å²) in [7, 11) is 0. The molecule has 2 N–H and O–H groups in total. The third-order valence-electron chi connectivity index (χ3n) is 5.06. The van der Waals surface area contributed by atoms with Gasteiger partial charge in [-0.1, -0.05) is 47.5 Å². The van der Waals surface area contributed by atoms with E-state index in [2.05, 4.69) is 15.8 Å². The first-order valence-corrected chi connectivity index (χ1v) is 10.5. The van der Waals surface area contributed by atoms with Gasteiger partial charge >= 0.3 is 0 Å². The highest BCUT2D eigenvalue weighted by Gasteiger charge is 2.28. The summed E-state index contributed by atoms with van der Waals surface area (Å²) in [6.07, 6.45) is 2.14. The SMILES string of the molecule is Cc1c(C(=O)Nc2ccccc2Cl)oc2c1/C(=N/NC(=O)c1ccccc1Cl)CCC2. The molecule has 1 aliphatic carbocycles. The Morgan fingerprint density at radius 1 is 0.968 bits per heavy atom. The lowest BCUT2D eigenvalue weighted by Gasteiger charge is -2.13. The molecule has 1 heterocycles. The van der Waals surface area contributed by atoms with E-state index in [9.17, 15) is 9.59 Å². The number of carbonyl (C=O) groups excluding carboxylic acids is 2. The maximum atomic E-state index is 12.8. The largest absolute Gasteiger partial charge is 0.455 e. The minimum atomic E-state index is -0.400. The second kappa shape index (κ2) is 8.96. The molecule has 0 radical (unpaired) electrons. The molecule has 6 nitrogen and oxygen atoms in total. The number of para-hydroxylation sites is 1. The molecule has 3 aromatic rings. The molecule has 0 atom stereocenters. The van der Waals surface area contributed by atoms with Crippen LogP contribution >= 0.6 is 23.2 Å². The number of benzene rings is 2. The molecule has 0 fully saturated rings. The highest BCUT2D eigenvalue weighted by atomic mass is 35.5. The number of halogens is 2. The van der Waals surface area contributed by atoms with Crippen LogP contribution in [0.2, 0.25) is 10.0 Å². The minimum absolute atomic E-state index is 0.206. The maximum absolute atomic E-state index is 12.8. The molecule has 0 spiro atoms. The summed E-state index contributed by atoms with van der Waals surface area (Å²) in [5.41, 5.74) is 5.51. The number of rotatable bonds is 4. The predicted octanol–water partition coefficient (Wildman–Crippen LogP) is 5.62. The van der Waals surface area contributed by atoms with Crippen molar-refractivity contribution in [3.05, 3.63) is 86.8 Å². The Kier molecular flexibility index (Phi) is 6.11. The van der Waals surface area contributed by atoms with Crippen LogP contribution in [0, 0.1) is 6.92 Å². The van der Waals surface area contributed by atoms with Crippen LogP contribution in [0.5, 0.6) is 0 Å². The van der Waals surface area contributed by atoms with Crippen molar-refractivity contribution in [3.8, 4) is 0 Å². The molecule has 2 amide bonds. The van der Waals surface area contributed by atoms with E-state index in [1.165, 1.54) is 0 Å². The van der Waals surface area contributed by atoms with Crippen LogP contribution in [0.25, 0.3) is 0 Å². The van der Waals surface area contributed by atoms with Gasteiger partial charge in [0, 0.05) is 17.5 Å². The summed E-state index contributed by atoms with van der Waals surface area (Å²) in [6.45, 7) is 1.81. The van der Waals surface area contributed by atoms with Crippen molar-refractivity contribution in [2.75, 3.05) is 5.32 Å². The Morgan fingerprint density at radius 3 is 2.42 bits per heavy atom. The smallest absolute Gasteiger partial charge is 0.291 e. The number of fused-ring (bicyclic) bond motifs is 1. The van der Waals surface area contributed by atoms with Gasteiger partial charge in [-0.15, -0.1) is 0 Å². The van der Waals surface area contributed by atoms with Crippen LogP contribution in [0.3, 0.4) is 0 Å². The molecule has 0 bridgehead atoms. The third-order valence-corrected chi connectivity index (χ3v) is 5.72. The predicted molar refractivity (Wildman–Crippen MR) is 121 cm³/mol. The van der Waals surface area contributed by atoms with Gasteiger partial charge in [0.25, 0.3) is 11.8 Å². The van der Waals surface area contributed by atoms with E-state index in [-0.39, 0.29) is 11.7 Å². The maximum Gasteiger partial charge on any atom is 0.291 e. The molecule has 1 aromatic heterocycles. The normalized spacial score (nSPS) is 14.2. The van der Waals surface area contributed by atoms with Gasteiger partial charge in [-0.25, -0.2) is 5.43 Å². The minimum Gasteiger partial charge on any atom is -0.455 e. The lowest BCUT2D eigenvalue weighted by atomic mass is 9.93. The zero-order valence-electron chi connectivity index (χ0n) is 16.7. The molecule has 0 unspecified atom stereocenters. The van der Waals surface area contributed by atoms with Gasteiger partial charge in [-0.3, -0.25) is 9.59 Å². The monoisotopic (exact) mass is 455 g/mol. The highest BCUT2D eigenvalue weighted by molar-refractivity contribution is 6.34. The van der Waals surface area contributed by atoms with Gasteiger partial charge in [-0.2, -0.15) is 5.10 Å². The Balaban J connectivity index is 1.59. The number of nitrogens with zero attached hydrogens (tertiary/aromatic N) is 1. The summed E-state index contributed by atoms with van der Waals surface area (Å²) >= 11 is 12.2. The zero-order chi connectivity index (χ0) is 22.0. The fraction of sp³-hybridized carbons (Fsp3) is 0.174. The summed E-state index contributed by atoms with van der Waals surface area (Å²) in [5.74, 6) is 0.0956. The molecule has 158 valence electrons. The molecular weight excluding hydrogens is 437 g/mol. The van der Waals surface area contributed by atoms with E-state index in [4.69, 9.17) is 27.6 Å². The van der Waals surface area contributed by atoms with Gasteiger partial charge in [0.2, 0.25) is 0 Å². The van der Waals surface area contributed by atoms with Crippen LogP contribution in [0.4, 0.5) is 5.69 Å². The number of amides is 2. The molecule has 4 rings (SSSR count). The molecule has 1 aliphatic rings. The Bertz CT molecular complexity index is 1200. The Labute approximate surface area is 189 Å². The molecule has 8 heteroatoms. The summed E-state index contributed by atoms with van der Waals surface area (Å²) in [5, 5.41) is 7.89. The summed E-state index contributed by atoms with van der Waals surface area (Å²) in [4.78, 5) is 25.3. The fourth-order valence-corrected chi connectivity index (χ4v) is 3.97. The molecule has 31 heavy (non-hydrogen) atoms. The first kappa shape index (κ1) is 21.2. The van der Waals surface area contributed by atoms with E-state index >= 15 is 0 Å². The van der Waals surface area contributed by atoms with E-state index in [0.29, 0.717) is 51.2 Å². The van der Waals surface area contributed by atoms with Crippen molar-refractivity contribution in [2.24, 2.45) is 5.10 Å². The van der Waals surface area contributed by atoms with Crippen molar-refractivity contribution in [3.63, 3.8) is 0 Å². The molecular formula is C23H19Cl2N3O3. The van der Waals surface area contributed by atoms with E-state index < -0.39 is 5.91 Å². The molecule has 0 saturated carbocycles. The number of furan rings is 1. The van der Waals surface area contributed by atoms with Crippen LogP contribution in [0.1, 0.15) is 50.6 Å². The van der Waals surface area contributed by atoms with E-state index in [1.807, 2.05) is 0 Å². The quantitative estimate of drug-likeness (QED) is 0.500. The lowest BCUT2D eigenvalue weighted by molar-refractivity contribution is 0.0953. The Hall–Kier alpha value is -3.09. The number of carbonyl (C=O) groups is 2. The average molecular weight is 456 g/mol. The molecule has 0 aliphatic heterocycles. The number of anilines is 1. The van der Waals surface area contributed by atoms with Gasteiger partial charge < -0.3 is 9.73 Å². The standard InChI is InChI=1S/C23H19Cl2N3O3/c1-13-20-18(27-28-22(29)14-7-2-3-8-15(14)24)11-6-12-19(20)31-21(13)23(30)26-17-10-5-4-9-16(17)25/h2-5,7-10H,6,11-12H2,1H3,(H,26,30)(H,28,29)/b27-18+. The third kappa shape index (κ3) is 4.36. The Morgan fingerprint density at radius 2 is 1.68 bits per heavy atom. The number of hydrazone groups is 1. The van der Waals surface area contributed by atoms with E-state index in [1.54, 1.807) is 55.5 Å². The van der Waals surface area contributed by atoms with Crippen LogP contribution in [0.15, 0.2) is 58.0 Å². The molecule has 0 saturated heterocycles. The highest BCUT2D eigenvalue weighted by Crippen LogP contribution is 2.31.